The van der Waals surface area contributed by atoms with Crippen molar-refractivity contribution in [3.05, 3.63) is 71.8 Å². The molecule has 4 N–H and O–H groups in total. The molecule has 2 aromatic heterocycles. The molecule has 0 unspecified atom stereocenters. The van der Waals surface area contributed by atoms with Crippen LogP contribution in [0.2, 0.25) is 0 Å². The third-order valence-electron chi connectivity index (χ3n) is 5.38. The summed E-state index contributed by atoms with van der Waals surface area (Å²) < 4.78 is 16.7. The van der Waals surface area contributed by atoms with Gasteiger partial charge in [-0.1, -0.05) is 12.1 Å². The Morgan fingerprint density at radius 3 is 1.94 bits per heavy atom. The number of fused-ring (bicyclic) bond motifs is 4. The van der Waals surface area contributed by atoms with Crippen LogP contribution in [0.4, 0.5) is 38.8 Å². The van der Waals surface area contributed by atoms with E-state index in [0.29, 0.717) is 6.54 Å². The van der Waals surface area contributed by atoms with Gasteiger partial charge in [0.2, 0.25) is 0 Å². The number of aryl methyl sites for hydroxylation is 2. The van der Waals surface area contributed by atoms with Crippen LogP contribution in [0.3, 0.4) is 0 Å². The van der Waals surface area contributed by atoms with Gasteiger partial charge in [0.25, 0.3) is 0 Å². The Bertz CT molecular complexity index is 1240. The van der Waals surface area contributed by atoms with Gasteiger partial charge < -0.3 is 21.3 Å². The molecule has 0 bridgehead atoms. The highest BCUT2D eigenvalue weighted by atomic mass is 19.1. The normalized spacial score (nSPS) is 13.1. The Kier molecular flexibility index (Phi) is 4.70. The molecule has 4 aromatic rings. The van der Waals surface area contributed by atoms with Gasteiger partial charge in [-0.3, -0.25) is 9.36 Å². The van der Waals surface area contributed by atoms with Crippen LogP contribution in [-0.4, -0.2) is 19.6 Å². The molecule has 0 amide bonds. The zero-order valence-corrected chi connectivity index (χ0v) is 17.3. The summed E-state index contributed by atoms with van der Waals surface area (Å²) in [6.07, 6.45) is 3.69. The fourth-order valence-corrected chi connectivity index (χ4v) is 3.70. The molecule has 4 heterocycles. The summed E-state index contributed by atoms with van der Waals surface area (Å²) in [6, 6.07) is 12.8. The first kappa shape index (κ1) is 19.0. The molecule has 0 aliphatic carbocycles. The van der Waals surface area contributed by atoms with Crippen LogP contribution in [0.15, 0.2) is 54.9 Å². The van der Waals surface area contributed by atoms with Gasteiger partial charge in [-0.25, -0.2) is 4.39 Å². The number of rotatable bonds is 0. The van der Waals surface area contributed by atoms with Crippen LogP contribution in [0.5, 0.6) is 0 Å². The van der Waals surface area contributed by atoms with E-state index in [4.69, 9.17) is 0 Å². The van der Waals surface area contributed by atoms with E-state index < -0.39 is 0 Å². The lowest BCUT2D eigenvalue weighted by Gasteiger charge is -2.09. The number of halogens is 1. The largest absolute Gasteiger partial charge is 0.379 e. The first-order chi connectivity index (χ1) is 15.1. The fourth-order valence-electron chi connectivity index (χ4n) is 3.70. The predicted molar refractivity (Wildman–Crippen MR) is 120 cm³/mol. The molecule has 0 radical (unpaired) electrons. The molecule has 158 valence electrons. The molecule has 2 aromatic carbocycles. The molecule has 31 heavy (non-hydrogen) atoms. The molecule has 0 saturated heterocycles. The quantitative estimate of drug-likeness (QED) is 0.341. The monoisotopic (exact) mass is 418 g/mol. The number of nitrogens with zero attached hydrogens (tertiary/aromatic N) is 4. The maximum absolute atomic E-state index is 13.1. The number of aromatic nitrogens is 4. The number of nitrogens with one attached hydrogen (secondary N) is 4. The van der Waals surface area contributed by atoms with Crippen LogP contribution in [0.1, 0.15) is 11.1 Å². The summed E-state index contributed by atoms with van der Waals surface area (Å²) >= 11 is 0. The summed E-state index contributed by atoms with van der Waals surface area (Å²) in [5.74, 6) is 1.77. The lowest BCUT2D eigenvalue weighted by atomic mass is 10.2. The number of para-hydroxylation sites is 2. The molecular formula is C22H23FN8. The zero-order valence-electron chi connectivity index (χ0n) is 17.3. The van der Waals surface area contributed by atoms with E-state index in [0.717, 1.165) is 46.5 Å². The SMILES string of the molecule is Cn1ncc2c1Nc1ccc(F)cc1NC2.Cn1ncc2c1Nc1ccccc1NC2. The average molecular weight is 418 g/mol. The molecule has 2 aliphatic rings. The second kappa shape index (κ2) is 7.67. The van der Waals surface area contributed by atoms with Gasteiger partial charge in [-0.2, -0.15) is 10.2 Å². The summed E-state index contributed by atoms with van der Waals surface area (Å²) in [7, 11) is 3.82. The van der Waals surface area contributed by atoms with E-state index >= 15 is 0 Å². The average Bonchev–Trinajstić information content (AvgIpc) is 3.15. The van der Waals surface area contributed by atoms with Crippen molar-refractivity contribution in [2.45, 2.75) is 13.1 Å². The van der Waals surface area contributed by atoms with E-state index in [2.05, 4.69) is 43.6 Å². The van der Waals surface area contributed by atoms with Gasteiger partial charge in [0.1, 0.15) is 17.5 Å². The Labute approximate surface area is 179 Å². The highest BCUT2D eigenvalue weighted by Crippen LogP contribution is 2.32. The summed E-state index contributed by atoms with van der Waals surface area (Å²) in [5, 5.41) is 21.6. The highest BCUT2D eigenvalue weighted by molar-refractivity contribution is 5.77. The van der Waals surface area contributed by atoms with Gasteiger partial charge in [0.05, 0.1) is 35.1 Å². The third-order valence-corrected chi connectivity index (χ3v) is 5.38. The molecule has 2 aliphatic heterocycles. The first-order valence-electron chi connectivity index (χ1n) is 10.0. The predicted octanol–water partition coefficient (Wildman–Crippen LogP) is 4.32. The van der Waals surface area contributed by atoms with Gasteiger partial charge >= 0.3 is 0 Å². The zero-order chi connectivity index (χ0) is 21.4. The molecule has 0 fully saturated rings. The van der Waals surface area contributed by atoms with Crippen molar-refractivity contribution < 1.29 is 4.39 Å². The lowest BCUT2D eigenvalue weighted by molar-refractivity contribution is 0.628. The minimum absolute atomic E-state index is 0.239. The molecule has 0 saturated carbocycles. The maximum Gasteiger partial charge on any atom is 0.133 e. The molecule has 6 rings (SSSR count). The van der Waals surface area contributed by atoms with Gasteiger partial charge in [-0.05, 0) is 30.3 Å². The molecule has 0 spiro atoms. The molecule has 9 heteroatoms. The van der Waals surface area contributed by atoms with Crippen molar-refractivity contribution in [1.29, 1.82) is 0 Å². The van der Waals surface area contributed by atoms with Crippen LogP contribution in [0, 0.1) is 5.82 Å². The third kappa shape index (κ3) is 3.65. The number of hydrogen-bond donors (Lipinski definition) is 4. The standard InChI is InChI=1S/C11H11FN4.C11H12N4/c1-16-11-7(6-14-16)5-13-10-4-8(12)2-3-9(10)15-11;1-15-11-8(7-13-15)6-12-9-4-2-3-5-10(9)14-11/h2-4,6,13,15H,5H2,1H3;2-5,7,12,14H,6H2,1H3. The molecule has 8 nitrogen and oxygen atoms in total. The Morgan fingerprint density at radius 2 is 1.29 bits per heavy atom. The highest BCUT2D eigenvalue weighted by Gasteiger charge is 2.16. The van der Waals surface area contributed by atoms with Crippen molar-refractivity contribution in [3.8, 4) is 0 Å². The van der Waals surface area contributed by atoms with Gasteiger partial charge in [-0.15, -0.1) is 0 Å². The fraction of sp³-hybridized carbons (Fsp3) is 0.182. The Balaban J connectivity index is 0.000000132. The van der Waals surface area contributed by atoms with Crippen LogP contribution >= 0.6 is 0 Å². The second-order valence-corrected chi connectivity index (χ2v) is 7.48. The smallest absolute Gasteiger partial charge is 0.133 e. The maximum atomic E-state index is 13.1. The second-order valence-electron chi connectivity index (χ2n) is 7.48. The first-order valence-corrected chi connectivity index (χ1v) is 10.0. The van der Waals surface area contributed by atoms with E-state index in [1.54, 1.807) is 16.9 Å². The van der Waals surface area contributed by atoms with Crippen LogP contribution in [-0.2, 0) is 27.2 Å². The topological polar surface area (TPSA) is 83.8 Å². The summed E-state index contributed by atoms with van der Waals surface area (Å²) in [6.45, 7) is 1.46. The van der Waals surface area contributed by atoms with Crippen molar-refractivity contribution in [2.24, 2.45) is 14.1 Å². The molecular weight excluding hydrogens is 395 g/mol. The van der Waals surface area contributed by atoms with Crippen molar-refractivity contribution in [3.63, 3.8) is 0 Å². The van der Waals surface area contributed by atoms with E-state index in [1.165, 1.54) is 17.7 Å². The van der Waals surface area contributed by atoms with Crippen molar-refractivity contribution in [1.82, 2.24) is 19.6 Å². The Hall–Kier alpha value is -4.01. The summed E-state index contributed by atoms with van der Waals surface area (Å²) in [4.78, 5) is 0. The van der Waals surface area contributed by atoms with Crippen molar-refractivity contribution in [2.75, 3.05) is 21.3 Å². The van der Waals surface area contributed by atoms with Crippen LogP contribution in [0.25, 0.3) is 0 Å². The van der Waals surface area contributed by atoms with Crippen LogP contribution < -0.4 is 21.3 Å². The minimum Gasteiger partial charge on any atom is -0.379 e. The lowest BCUT2D eigenvalue weighted by Crippen LogP contribution is -1.99. The van der Waals surface area contributed by atoms with E-state index in [-0.39, 0.29) is 5.82 Å². The number of benzene rings is 2. The minimum atomic E-state index is -0.239. The van der Waals surface area contributed by atoms with Gasteiger partial charge in [0, 0.05) is 38.3 Å². The van der Waals surface area contributed by atoms with Crippen molar-refractivity contribution >= 4 is 34.4 Å². The number of anilines is 6. The van der Waals surface area contributed by atoms with E-state index in [9.17, 15) is 4.39 Å². The van der Waals surface area contributed by atoms with Gasteiger partial charge in [0.15, 0.2) is 0 Å². The summed E-state index contributed by atoms with van der Waals surface area (Å²) in [5.41, 5.74) is 6.13. The van der Waals surface area contributed by atoms with E-state index in [1.807, 2.05) is 37.1 Å². The Morgan fingerprint density at radius 1 is 0.742 bits per heavy atom. The number of hydrogen-bond acceptors (Lipinski definition) is 6. The molecule has 0 atom stereocenters.